The number of fused-ring (bicyclic) bond motifs is 2. The lowest BCUT2D eigenvalue weighted by molar-refractivity contribution is -0.144. The van der Waals surface area contributed by atoms with Crippen molar-refractivity contribution in [3.8, 4) is 0 Å². The summed E-state index contributed by atoms with van der Waals surface area (Å²) in [6, 6.07) is 9.74. The Labute approximate surface area is 214 Å². The van der Waals surface area contributed by atoms with Crippen LogP contribution in [-0.4, -0.2) is 68.1 Å². The van der Waals surface area contributed by atoms with E-state index >= 15 is 0 Å². The molecule has 2 aliphatic rings. The van der Waals surface area contributed by atoms with Gasteiger partial charge in [-0.25, -0.2) is 19.4 Å². The topological polar surface area (TPSA) is 131 Å². The molecule has 0 saturated carbocycles. The summed E-state index contributed by atoms with van der Waals surface area (Å²) in [6.07, 6.45) is -3.68. The normalized spacial score (nSPS) is 17.2. The molecule has 1 atom stereocenters. The van der Waals surface area contributed by atoms with E-state index in [4.69, 9.17) is 0 Å². The number of carboxylic acid groups (broad SMARTS) is 1. The molecule has 3 aromatic rings. The van der Waals surface area contributed by atoms with E-state index in [9.17, 15) is 32.7 Å². The largest absolute Gasteiger partial charge is 0.480 e. The number of rotatable bonds is 5. The van der Waals surface area contributed by atoms with Gasteiger partial charge in [0.25, 0.3) is 0 Å². The third-order valence-electron chi connectivity index (χ3n) is 6.90. The number of imidazole rings is 1. The van der Waals surface area contributed by atoms with Crippen LogP contribution in [0.15, 0.2) is 42.5 Å². The van der Waals surface area contributed by atoms with Gasteiger partial charge < -0.3 is 30.5 Å². The lowest BCUT2D eigenvalue weighted by Crippen LogP contribution is -2.54. The van der Waals surface area contributed by atoms with Gasteiger partial charge in [-0.3, -0.25) is 0 Å². The highest BCUT2D eigenvalue weighted by Gasteiger charge is 2.35. The molecule has 4 N–H and O–H groups in total. The number of nitrogens with one attached hydrogen (secondary N) is 3. The fourth-order valence-corrected chi connectivity index (χ4v) is 4.89. The van der Waals surface area contributed by atoms with E-state index in [1.54, 1.807) is 4.90 Å². The van der Waals surface area contributed by atoms with E-state index in [1.165, 1.54) is 23.1 Å². The number of hydrogen-bond donors (Lipinski definition) is 4. The van der Waals surface area contributed by atoms with E-state index in [0.29, 0.717) is 38.0 Å². The van der Waals surface area contributed by atoms with E-state index in [2.05, 4.69) is 20.6 Å². The van der Waals surface area contributed by atoms with Crippen LogP contribution in [0, 0.1) is 0 Å². The Hall–Kier alpha value is -4.29. The number of piperidine rings is 1. The van der Waals surface area contributed by atoms with E-state index in [1.807, 2.05) is 24.3 Å². The van der Waals surface area contributed by atoms with Gasteiger partial charge in [0, 0.05) is 37.8 Å². The second-order valence-corrected chi connectivity index (χ2v) is 9.41. The first-order valence-electron chi connectivity index (χ1n) is 12.1. The van der Waals surface area contributed by atoms with Gasteiger partial charge in [-0.2, -0.15) is 13.2 Å². The summed E-state index contributed by atoms with van der Waals surface area (Å²) in [6.45, 7) is 1.16. The first-order valence-corrected chi connectivity index (χ1v) is 12.1. The summed E-state index contributed by atoms with van der Waals surface area (Å²) in [4.78, 5) is 46.3. The molecule has 200 valence electrons. The number of aliphatic carboxylic acids is 1. The van der Waals surface area contributed by atoms with Crippen molar-refractivity contribution < 1.29 is 32.7 Å². The van der Waals surface area contributed by atoms with Crippen LogP contribution in [0.4, 0.5) is 28.4 Å². The van der Waals surface area contributed by atoms with Gasteiger partial charge in [0.05, 0.1) is 11.0 Å². The van der Waals surface area contributed by atoms with Gasteiger partial charge in [-0.1, -0.05) is 24.3 Å². The van der Waals surface area contributed by atoms with Crippen molar-refractivity contribution in [2.45, 2.75) is 44.1 Å². The molecule has 2 aromatic carbocycles. The third-order valence-corrected chi connectivity index (χ3v) is 6.90. The molecule has 38 heavy (non-hydrogen) atoms. The number of H-pyrrole nitrogens is 1. The maximum Gasteiger partial charge on any atom is 0.449 e. The molecular formula is C25H25F3N6O4. The van der Waals surface area contributed by atoms with Gasteiger partial charge in [0.2, 0.25) is 5.82 Å². The predicted octanol–water partition coefficient (Wildman–Crippen LogP) is 3.80. The maximum absolute atomic E-state index is 12.9. The van der Waals surface area contributed by atoms with E-state index < -0.39 is 30.0 Å². The van der Waals surface area contributed by atoms with Gasteiger partial charge in [-0.15, -0.1) is 0 Å². The predicted molar refractivity (Wildman–Crippen MR) is 130 cm³/mol. The van der Waals surface area contributed by atoms with Crippen molar-refractivity contribution in [1.82, 2.24) is 25.1 Å². The number of para-hydroxylation sites is 1. The van der Waals surface area contributed by atoms with E-state index in [-0.39, 0.29) is 29.5 Å². The zero-order chi connectivity index (χ0) is 27.0. The summed E-state index contributed by atoms with van der Waals surface area (Å²) in [5.74, 6) is -2.41. The highest BCUT2D eigenvalue weighted by molar-refractivity contribution is 5.92. The minimum absolute atomic E-state index is 0.0525. The Kier molecular flexibility index (Phi) is 6.59. The summed E-state index contributed by atoms with van der Waals surface area (Å²) in [7, 11) is 0. The average molecular weight is 531 g/mol. The number of aromatic nitrogens is 2. The number of amides is 4. The Bertz CT molecular complexity index is 1380. The summed E-state index contributed by atoms with van der Waals surface area (Å²) in [5, 5.41) is 15.1. The van der Waals surface area contributed by atoms with Crippen LogP contribution in [0.25, 0.3) is 11.0 Å². The number of likely N-dealkylation sites (tertiary alicyclic amines) is 1. The molecule has 2 aliphatic heterocycles. The SMILES string of the molecule is O=C(O)C(Cc1ccc2[nH]c(C(F)(F)F)nc2c1)NC(=O)N1CCC(N2Cc3ccccc3NC2=O)CC1. The number of alkyl halides is 3. The minimum Gasteiger partial charge on any atom is -0.480 e. The number of carboxylic acids is 1. The summed E-state index contributed by atoms with van der Waals surface area (Å²) >= 11 is 0. The standard InChI is InChI=1S/C25H25F3N6O4/c26-25(27,28)22-29-18-6-5-14(11-19(18)30-22)12-20(21(35)36)32-23(37)33-9-7-16(8-10-33)34-13-15-3-1-2-4-17(15)31-24(34)38/h1-6,11,16,20H,7-10,12-13H2,(H,29,30)(H,31,38)(H,32,37)(H,35,36). The van der Waals surface area contributed by atoms with Crippen LogP contribution >= 0.6 is 0 Å². The minimum atomic E-state index is -4.63. The van der Waals surface area contributed by atoms with Crippen molar-refractivity contribution in [3.05, 3.63) is 59.4 Å². The number of carbonyl (C=O) groups excluding carboxylic acids is 2. The second kappa shape index (κ2) is 9.88. The number of aromatic amines is 1. The Morgan fingerprint density at radius 1 is 1.16 bits per heavy atom. The summed E-state index contributed by atoms with van der Waals surface area (Å²) < 4.78 is 38.8. The van der Waals surface area contributed by atoms with Crippen molar-refractivity contribution in [1.29, 1.82) is 0 Å². The molecule has 3 heterocycles. The lowest BCUT2D eigenvalue weighted by Gasteiger charge is -2.40. The quantitative estimate of drug-likeness (QED) is 0.399. The lowest BCUT2D eigenvalue weighted by atomic mass is 10.0. The molecule has 13 heteroatoms. The van der Waals surface area contributed by atoms with Crippen LogP contribution in [0.3, 0.4) is 0 Å². The Morgan fingerprint density at radius 3 is 2.61 bits per heavy atom. The van der Waals surface area contributed by atoms with Gasteiger partial charge in [0.15, 0.2) is 0 Å². The molecule has 0 aliphatic carbocycles. The van der Waals surface area contributed by atoms with Crippen LogP contribution < -0.4 is 10.6 Å². The van der Waals surface area contributed by atoms with Crippen molar-refractivity contribution in [2.24, 2.45) is 0 Å². The molecule has 0 radical (unpaired) electrons. The molecule has 4 amide bonds. The smallest absolute Gasteiger partial charge is 0.449 e. The highest BCUT2D eigenvalue weighted by atomic mass is 19.4. The number of halogens is 3. The monoisotopic (exact) mass is 530 g/mol. The molecular weight excluding hydrogens is 505 g/mol. The van der Waals surface area contributed by atoms with Crippen LogP contribution in [0.1, 0.15) is 29.8 Å². The number of carbonyl (C=O) groups is 3. The molecule has 1 unspecified atom stereocenters. The van der Waals surface area contributed by atoms with Crippen LogP contribution in [-0.2, 0) is 23.9 Å². The second-order valence-electron chi connectivity index (χ2n) is 9.41. The van der Waals surface area contributed by atoms with Crippen molar-refractivity contribution >= 4 is 34.8 Å². The first kappa shape index (κ1) is 25.4. The van der Waals surface area contributed by atoms with Crippen LogP contribution in [0.2, 0.25) is 0 Å². The first-order chi connectivity index (χ1) is 18.1. The molecule has 1 saturated heterocycles. The van der Waals surface area contributed by atoms with Gasteiger partial charge >= 0.3 is 24.2 Å². The van der Waals surface area contributed by atoms with E-state index in [0.717, 1.165) is 11.3 Å². The number of urea groups is 2. The average Bonchev–Trinajstić information content (AvgIpc) is 3.32. The molecule has 1 aromatic heterocycles. The third kappa shape index (κ3) is 5.22. The number of benzene rings is 2. The Balaban J connectivity index is 1.19. The molecule has 1 fully saturated rings. The van der Waals surface area contributed by atoms with Crippen molar-refractivity contribution in [2.75, 3.05) is 18.4 Å². The number of nitrogens with zero attached hydrogens (tertiary/aromatic N) is 3. The highest BCUT2D eigenvalue weighted by Crippen LogP contribution is 2.29. The summed E-state index contributed by atoms with van der Waals surface area (Å²) in [5.41, 5.74) is 2.44. The maximum atomic E-state index is 12.9. The zero-order valence-corrected chi connectivity index (χ0v) is 20.1. The number of anilines is 1. The molecule has 5 rings (SSSR count). The zero-order valence-electron chi connectivity index (χ0n) is 20.1. The fraction of sp³-hybridized carbons (Fsp3) is 0.360. The van der Waals surface area contributed by atoms with Gasteiger partial charge in [-0.05, 0) is 42.2 Å². The fourth-order valence-electron chi connectivity index (χ4n) is 4.89. The molecule has 0 bridgehead atoms. The Morgan fingerprint density at radius 2 is 1.89 bits per heavy atom. The molecule has 10 nitrogen and oxygen atoms in total. The van der Waals surface area contributed by atoms with Crippen molar-refractivity contribution in [3.63, 3.8) is 0 Å². The van der Waals surface area contributed by atoms with Crippen LogP contribution in [0.5, 0.6) is 0 Å². The molecule has 0 spiro atoms. The van der Waals surface area contributed by atoms with Gasteiger partial charge in [0.1, 0.15) is 6.04 Å². The number of hydrogen-bond acceptors (Lipinski definition) is 4.